The first-order valence-corrected chi connectivity index (χ1v) is 6.27. The fourth-order valence-corrected chi connectivity index (χ4v) is 2.32. The van der Waals surface area contributed by atoms with Crippen molar-refractivity contribution in [1.82, 2.24) is 15.2 Å². The Kier molecular flexibility index (Phi) is 3.56. The number of carbonyl (C=O) groups is 1. The lowest BCUT2D eigenvalue weighted by molar-refractivity contribution is -0.124. The van der Waals surface area contributed by atoms with E-state index in [-0.39, 0.29) is 11.9 Å². The summed E-state index contributed by atoms with van der Waals surface area (Å²) in [4.78, 5) is 16.5. The molecule has 1 aromatic heterocycles. The Balaban J connectivity index is 2.13. The van der Waals surface area contributed by atoms with Crippen molar-refractivity contribution in [3.63, 3.8) is 0 Å². The molecule has 0 unspecified atom stereocenters. The maximum absolute atomic E-state index is 12.3. The second-order valence-electron chi connectivity index (χ2n) is 4.95. The predicted molar refractivity (Wildman–Crippen MR) is 67.9 cm³/mol. The van der Waals surface area contributed by atoms with Gasteiger partial charge in [-0.2, -0.15) is 5.10 Å². The number of hydrogen-bond acceptors (Lipinski definition) is 5. The average molecular weight is 249 g/mol. The van der Waals surface area contributed by atoms with Crippen molar-refractivity contribution >= 4 is 11.9 Å². The minimum absolute atomic E-state index is 0.0763. The number of amides is 1. The highest BCUT2D eigenvalue weighted by Crippen LogP contribution is 2.37. The van der Waals surface area contributed by atoms with Crippen LogP contribution in [0.1, 0.15) is 37.1 Å². The summed E-state index contributed by atoms with van der Waals surface area (Å²) in [6.45, 7) is 4.05. The molecule has 1 fully saturated rings. The number of anilines is 1. The predicted octanol–water partition coefficient (Wildman–Crippen LogP) is 0.946. The minimum Gasteiger partial charge on any atom is -0.329 e. The summed E-state index contributed by atoms with van der Waals surface area (Å²) in [5.74, 6) is 0.190. The normalized spacial score (nSPS) is 17.7. The van der Waals surface area contributed by atoms with Crippen LogP contribution < -0.4 is 11.1 Å². The Morgan fingerprint density at radius 3 is 2.50 bits per heavy atom. The summed E-state index contributed by atoms with van der Waals surface area (Å²) in [7, 11) is 0. The van der Waals surface area contributed by atoms with Gasteiger partial charge in [-0.05, 0) is 26.7 Å². The van der Waals surface area contributed by atoms with Crippen molar-refractivity contribution < 1.29 is 4.79 Å². The number of aryl methyl sites for hydroxylation is 2. The number of nitrogens with two attached hydrogens (primary N) is 1. The van der Waals surface area contributed by atoms with Gasteiger partial charge in [0.1, 0.15) is 0 Å². The van der Waals surface area contributed by atoms with Gasteiger partial charge in [-0.15, -0.1) is 5.10 Å². The molecule has 1 aliphatic carbocycles. The molecule has 0 spiro atoms. The van der Waals surface area contributed by atoms with Gasteiger partial charge in [-0.25, -0.2) is 4.98 Å². The summed E-state index contributed by atoms with van der Waals surface area (Å²) in [5.41, 5.74) is 6.86. The van der Waals surface area contributed by atoms with Gasteiger partial charge in [0.25, 0.3) is 0 Å². The maximum Gasteiger partial charge on any atom is 0.249 e. The van der Waals surface area contributed by atoms with Crippen molar-refractivity contribution in [2.24, 2.45) is 11.1 Å². The molecule has 0 atom stereocenters. The van der Waals surface area contributed by atoms with E-state index in [1.165, 1.54) is 0 Å². The number of rotatable bonds is 3. The first-order valence-electron chi connectivity index (χ1n) is 6.27. The van der Waals surface area contributed by atoms with Crippen LogP contribution in [-0.4, -0.2) is 27.6 Å². The summed E-state index contributed by atoms with van der Waals surface area (Å²) >= 11 is 0. The van der Waals surface area contributed by atoms with Crippen LogP contribution in [0.5, 0.6) is 0 Å². The summed E-state index contributed by atoms with van der Waals surface area (Å²) in [6, 6.07) is 0. The Morgan fingerprint density at radius 2 is 1.94 bits per heavy atom. The lowest BCUT2D eigenvalue weighted by Crippen LogP contribution is -2.40. The molecular weight excluding hydrogens is 230 g/mol. The summed E-state index contributed by atoms with van der Waals surface area (Å²) in [6.07, 6.45) is 3.79. The molecule has 0 radical (unpaired) electrons. The van der Waals surface area contributed by atoms with E-state index in [4.69, 9.17) is 5.73 Å². The van der Waals surface area contributed by atoms with Gasteiger partial charge in [0.05, 0.1) is 16.8 Å². The summed E-state index contributed by atoms with van der Waals surface area (Å²) in [5, 5.41) is 10.6. The van der Waals surface area contributed by atoms with Crippen LogP contribution in [0.2, 0.25) is 0 Å². The van der Waals surface area contributed by atoms with E-state index in [1.807, 2.05) is 13.8 Å². The van der Waals surface area contributed by atoms with Gasteiger partial charge in [-0.1, -0.05) is 12.8 Å². The first kappa shape index (κ1) is 12.9. The van der Waals surface area contributed by atoms with Crippen LogP contribution in [0.3, 0.4) is 0 Å². The monoisotopic (exact) mass is 249 g/mol. The third-order valence-corrected chi connectivity index (χ3v) is 3.75. The third kappa shape index (κ3) is 2.33. The molecule has 6 nitrogen and oxygen atoms in total. The van der Waals surface area contributed by atoms with Crippen LogP contribution in [0.25, 0.3) is 0 Å². The molecule has 1 aromatic rings. The van der Waals surface area contributed by atoms with Gasteiger partial charge in [-0.3, -0.25) is 10.1 Å². The lowest BCUT2D eigenvalue weighted by Gasteiger charge is -2.24. The standard InChI is InChI=1S/C12H19N5O/c1-8-9(2)16-17-11(14-8)15-10(18)12(7-13)5-3-4-6-12/h3-7,13H2,1-2H3,(H,14,15,17,18). The Labute approximate surface area is 106 Å². The van der Waals surface area contributed by atoms with E-state index in [0.29, 0.717) is 6.54 Å². The van der Waals surface area contributed by atoms with Crippen molar-refractivity contribution in [2.75, 3.05) is 11.9 Å². The first-order chi connectivity index (χ1) is 8.57. The topological polar surface area (TPSA) is 93.8 Å². The molecule has 0 saturated heterocycles. The molecule has 1 amide bonds. The quantitative estimate of drug-likeness (QED) is 0.831. The number of aromatic nitrogens is 3. The molecule has 0 bridgehead atoms. The van der Waals surface area contributed by atoms with E-state index in [1.54, 1.807) is 0 Å². The van der Waals surface area contributed by atoms with Crippen molar-refractivity contribution in [1.29, 1.82) is 0 Å². The van der Waals surface area contributed by atoms with Crippen LogP contribution in [-0.2, 0) is 4.79 Å². The van der Waals surface area contributed by atoms with E-state index < -0.39 is 5.41 Å². The molecule has 18 heavy (non-hydrogen) atoms. The second kappa shape index (κ2) is 4.97. The molecule has 1 heterocycles. The minimum atomic E-state index is -0.442. The lowest BCUT2D eigenvalue weighted by atomic mass is 9.85. The molecule has 0 aliphatic heterocycles. The maximum atomic E-state index is 12.3. The van der Waals surface area contributed by atoms with Gasteiger partial charge in [0.2, 0.25) is 11.9 Å². The number of nitrogens with one attached hydrogen (secondary N) is 1. The molecule has 1 saturated carbocycles. The second-order valence-corrected chi connectivity index (χ2v) is 4.95. The SMILES string of the molecule is Cc1nnc(NC(=O)C2(CN)CCCC2)nc1C. The highest BCUT2D eigenvalue weighted by Gasteiger charge is 2.40. The zero-order valence-electron chi connectivity index (χ0n) is 10.9. The van der Waals surface area contributed by atoms with E-state index in [2.05, 4.69) is 20.5 Å². The number of hydrogen-bond donors (Lipinski definition) is 2. The zero-order valence-corrected chi connectivity index (χ0v) is 10.9. The fourth-order valence-electron chi connectivity index (χ4n) is 2.32. The highest BCUT2D eigenvalue weighted by molar-refractivity contribution is 5.94. The molecule has 0 aromatic carbocycles. The van der Waals surface area contributed by atoms with E-state index >= 15 is 0 Å². The largest absolute Gasteiger partial charge is 0.329 e. The van der Waals surface area contributed by atoms with E-state index in [0.717, 1.165) is 37.1 Å². The molecule has 6 heteroatoms. The molecule has 1 aliphatic rings. The Hall–Kier alpha value is -1.56. The van der Waals surface area contributed by atoms with Crippen molar-refractivity contribution in [3.05, 3.63) is 11.4 Å². The molecule has 2 rings (SSSR count). The fraction of sp³-hybridized carbons (Fsp3) is 0.667. The van der Waals surface area contributed by atoms with Crippen LogP contribution in [0.15, 0.2) is 0 Å². The van der Waals surface area contributed by atoms with Crippen molar-refractivity contribution in [2.45, 2.75) is 39.5 Å². The van der Waals surface area contributed by atoms with Crippen molar-refractivity contribution in [3.8, 4) is 0 Å². The Morgan fingerprint density at radius 1 is 1.28 bits per heavy atom. The Bertz CT molecular complexity index is 454. The van der Waals surface area contributed by atoms with Crippen LogP contribution >= 0.6 is 0 Å². The summed E-state index contributed by atoms with van der Waals surface area (Å²) < 4.78 is 0. The molecule has 3 N–H and O–H groups in total. The van der Waals surface area contributed by atoms with Crippen LogP contribution in [0, 0.1) is 19.3 Å². The van der Waals surface area contributed by atoms with E-state index in [9.17, 15) is 4.79 Å². The van der Waals surface area contributed by atoms with Gasteiger partial charge < -0.3 is 5.73 Å². The van der Waals surface area contributed by atoms with Crippen LogP contribution in [0.4, 0.5) is 5.95 Å². The number of carbonyl (C=O) groups excluding carboxylic acids is 1. The third-order valence-electron chi connectivity index (χ3n) is 3.75. The van der Waals surface area contributed by atoms with Gasteiger partial charge >= 0.3 is 0 Å². The van der Waals surface area contributed by atoms with Gasteiger partial charge in [0, 0.05) is 6.54 Å². The van der Waals surface area contributed by atoms with Gasteiger partial charge in [0.15, 0.2) is 0 Å². The average Bonchev–Trinajstić information content (AvgIpc) is 2.84. The molecule has 98 valence electrons. The molecular formula is C12H19N5O. The highest BCUT2D eigenvalue weighted by atomic mass is 16.2. The zero-order chi connectivity index (χ0) is 13.2. The number of nitrogens with zero attached hydrogens (tertiary/aromatic N) is 3. The smallest absolute Gasteiger partial charge is 0.249 e.